The van der Waals surface area contributed by atoms with E-state index in [0.29, 0.717) is 17.3 Å². The molecule has 0 unspecified atom stereocenters. The molecule has 118 valence electrons. The molecule has 23 heavy (non-hydrogen) atoms. The van der Waals surface area contributed by atoms with E-state index in [2.05, 4.69) is 22.3 Å². The molecule has 0 aliphatic rings. The molecule has 0 amide bonds. The van der Waals surface area contributed by atoms with Gasteiger partial charge >= 0.3 is 0 Å². The van der Waals surface area contributed by atoms with Gasteiger partial charge in [0.15, 0.2) is 11.0 Å². The van der Waals surface area contributed by atoms with Gasteiger partial charge in [-0.05, 0) is 17.7 Å². The zero-order valence-electron chi connectivity index (χ0n) is 12.4. The molecule has 0 saturated carbocycles. The summed E-state index contributed by atoms with van der Waals surface area (Å²) in [4.78, 5) is 0. The molecule has 0 aliphatic carbocycles. The Kier molecular flexibility index (Phi) is 5.33. The summed E-state index contributed by atoms with van der Waals surface area (Å²) in [5.74, 6) is 1.31. The summed E-state index contributed by atoms with van der Waals surface area (Å²) in [5, 5.41) is 19.1. The van der Waals surface area contributed by atoms with Gasteiger partial charge in [0.2, 0.25) is 0 Å². The van der Waals surface area contributed by atoms with Gasteiger partial charge in [0.1, 0.15) is 0 Å². The van der Waals surface area contributed by atoms with Crippen molar-refractivity contribution in [3.8, 4) is 11.4 Å². The van der Waals surface area contributed by atoms with E-state index in [1.807, 2.05) is 47.0 Å². The van der Waals surface area contributed by atoms with Crippen molar-refractivity contribution in [1.29, 1.82) is 0 Å². The van der Waals surface area contributed by atoms with E-state index in [1.54, 1.807) is 0 Å². The molecule has 1 N–H and O–H groups in total. The van der Waals surface area contributed by atoms with E-state index >= 15 is 0 Å². The normalized spacial score (nSPS) is 10.9. The standard InChI is InChI=1S/C17H16ClN3OS/c18-15-9-5-4-8-14(15)16-19-20-17(23-11-10-22)21(16)12-13-6-2-1-3-7-13/h1-9,22H,10-12H2. The number of rotatable bonds is 6. The Morgan fingerprint density at radius 1 is 1.00 bits per heavy atom. The van der Waals surface area contributed by atoms with Crippen LogP contribution in [0.2, 0.25) is 5.02 Å². The first-order valence-electron chi connectivity index (χ1n) is 7.25. The van der Waals surface area contributed by atoms with Crippen molar-refractivity contribution in [2.24, 2.45) is 0 Å². The van der Waals surface area contributed by atoms with Gasteiger partial charge in [-0.15, -0.1) is 10.2 Å². The fraction of sp³-hybridized carbons (Fsp3) is 0.176. The van der Waals surface area contributed by atoms with Crippen LogP contribution in [-0.2, 0) is 6.54 Å². The van der Waals surface area contributed by atoms with E-state index in [-0.39, 0.29) is 6.61 Å². The molecule has 0 atom stereocenters. The number of nitrogens with zero attached hydrogens (tertiary/aromatic N) is 3. The predicted molar refractivity (Wildman–Crippen MR) is 93.8 cm³/mol. The Balaban J connectivity index is 2.02. The maximum absolute atomic E-state index is 9.08. The zero-order valence-corrected chi connectivity index (χ0v) is 14.0. The lowest BCUT2D eigenvalue weighted by molar-refractivity contribution is 0.322. The van der Waals surface area contributed by atoms with Crippen LogP contribution in [0.3, 0.4) is 0 Å². The number of aromatic nitrogens is 3. The second-order valence-electron chi connectivity index (χ2n) is 4.93. The van der Waals surface area contributed by atoms with Gasteiger partial charge in [-0.2, -0.15) is 0 Å². The second kappa shape index (κ2) is 7.64. The van der Waals surface area contributed by atoms with Crippen LogP contribution < -0.4 is 0 Å². The van der Waals surface area contributed by atoms with Crippen LogP contribution in [0.4, 0.5) is 0 Å². The van der Waals surface area contributed by atoms with Crippen LogP contribution in [0, 0.1) is 0 Å². The summed E-state index contributed by atoms with van der Waals surface area (Å²) in [6, 6.07) is 17.8. The monoisotopic (exact) mass is 345 g/mol. The Labute approximate surface area is 144 Å². The number of hydrogen-bond donors (Lipinski definition) is 1. The summed E-state index contributed by atoms with van der Waals surface area (Å²) in [6.07, 6.45) is 0. The molecule has 1 aromatic heterocycles. The Morgan fingerprint density at radius 3 is 2.48 bits per heavy atom. The highest BCUT2D eigenvalue weighted by molar-refractivity contribution is 7.99. The molecule has 2 aromatic carbocycles. The van der Waals surface area contributed by atoms with Gasteiger partial charge in [0.25, 0.3) is 0 Å². The topological polar surface area (TPSA) is 50.9 Å². The SMILES string of the molecule is OCCSc1nnc(-c2ccccc2Cl)n1Cc1ccccc1. The van der Waals surface area contributed by atoms with E-state index in [4.69, 9.17) is 16.7 Å². The highest BCUT2D eigenvalue weighted by atomic mass is 35.5. The Hall–Kier alpha value is -1.82. The number of benzene rings is 2. The minimum atomic E-state index is 0.101. The first-order valence-corrected chi connectivity index (χ1v) is 8.61. The van der Waals surface area contributed by atoms with Gasteiger partial charge in [0, 0.05) is 11.3 Å². The second-order valence-corrected chi connectivity index (χ2v) is 6.40. The zero-order chi connectivity index (χ0) is 16.1. The lowest BCUT2D eigenvalue weighted by atomic mass is 10.2. The maximum Gasteiger partial charge on any atom is 0.191 e. The molecule has 3 rings (SSSR count). The average molecular weight is 346 g/mol. The number of thioether (sulfide) groups is 1. The van der Waals surface area contributed by atoms with Crippen LogP contribution in [0.5, 0.6) is 0 Å². The molecule has 0 saturated heterocycles. The molecule has 0 spiro atoms. The van der Waals surface area contributed by atoms with Gasteiger partial charge in [-0.25, -0.2) is 0 Å². The van der Waals surface area contributed by atoms with Crippen LogP contribution in [-0.4, -0.2) is 32.2 Å². The van der Waals surface area contributed by atoms with E-state index < -0.39 is 0 Å². The maximum atomic E-state index is 9.08. The Bertz CT molecular complexity index is 777. The summed E-state index contributed by atoms with van der Waals surface area (Å²) >= 11 is 7.80. The third-order valence-electron chi connectivity index (χ3n) is 3.34. The van der Waals surface area contributed by atoms with Crippen LogP contribution >= 0.6 is 23.4 Å². The van der Waals surface area contributed by atoms with Crippen LogP contribution in [0.25, 0.3) is 11.4 Å². The molecule has 6 heteroatoms. The fourth-order valence-corrected chi connectivity index (χ4v) is 3.18. The van der Waals surface area contributed by atoms with E-state index in [1.165, 1.54) is 11.8 Å². The highest BCUT2D eigenvalue weighted by Gasteiger charge is 2.16. The molecular weight excluding hydrogens is 330 g/mol. The van der Waals surface area contributed by atoms with Crippen molar-refractivity contribution in [3.63, 3.8) is 0 Å². The van der Waals surface area contributed by atoms with Gasteiger partial charge in [-0.3, -0.25) is 4.57 Å². The van der Waals surface area contributed by atoms with Gasteiger partial charge < -0.3 is 5.11 Å². The van der Waals surface area contributed by atoms with Gasteiger partial charge in [-0.1, -0.05) is 65.8 Å². The van der Waals surface area contributed by atoms with Crippen LogP contribution in [0.1, 0.15) is 5.56 Å². The number of aliphatic hydroxyl groups excluding tert-OH is 1. The number of hydrogen-bond acceptors (Lipinski definition) is 4. The quantitative estimate of drug-likeness (QED) is 0.691. The summed E-state index contributed by atoms with van der Waals surface area (Å²) in [6.45, 7) is 0.756. The first-order chi connectivity index (χ1) is 11.3. The first kappa shape index (κ1) is 16.1. The predicted octanol–water partition coefficient (Wildman–Crippen LogP) is 3.73. The fourth-order valence-electron chi connectivity index (χ4n) is 2.28. The van der Waals surface area contributed by atoms with Crippen LogP contribution in [0.15, 0.2) is 59.8 Å². The summed E-state index contributed by atoms with van der Waals surface area (Å²) in [5.41, 5.74) is 2.01. The van der Waals surface area contributed by atoms with E-state index in [9.17, 15) is 0 Å². The van der Waals surface area contributed by atoms with Gasteiger partial charge in [0.05, 0.1) is 18.2 Å². The number of halogens is 1. The van der Waals surface area contributed by atoms with Crippen molar-refractivity contribution in [2.45, 2.75) is 11.7 Å². The smallest absolute Gasteiger partial charge is 0.191 e. The minimum Gasteiger partial charge on any atom is -0.396 e. The number of aliphatic hydroxyl groups is 1. The highest BCUT2D eigenvalue weighted by Crippen LogP contribution is 2.29. The van der Waals surface area contributed by atoms with Crippen molar-refractivity contribution >= 4 is 23.4 Å². The molecule has 0 radical (unpaired) electrons. The molecule has 1 heterocycles. The minimum absolute atomic E-state index is 0.101. The van der Waals surface area contributed by atoms with Crippen molar-refractivity contribution in [1.82, 2.24) is 14.8 Å². The van der Waals surface area contributed by atoms with Crippen molar-refractivity contribution in [3.05, 3.63) is 65.2 Å². The molecule has 3 aromatic rings. The lowest BCUT2D eigenvalue weighted by Crippen LogP contribution is -2.05. The Morgan fingerprint density at radius 2 is 1.74 bits per heavy atom. The third kappa shape index (κ3) is 3.75. The summed E-state index contributed by atoms with van der Waals surface area (Å²) in [7, 11) is 0. The third-order valence-corrected chi connectivity index (χ3v) is 4.61. The molecule has 4 nitrogen and oxygen atoms in total. The molecular formula is C17H16ClN3OS. The molecule has 0 fully saturated rings. The largest absolute Gasteiger partial charge is 0.396 e. The van der Waals surface area contributed by atoms with Crippen molar-refractivity contribution in [2.75, 3.05) is 12.4 Å². The van der Waals surface area contributed by atoms with E-state index in [0.717, 1.165) is 22.1 Å². The average Bonchev–Trinajstić information content (AvgIpc) is 2.97. The summed E-state index contributed by atoms with van der Waals surface area (Å²) < 4.78 is 2.04. The van der Waals surface area contributed by atoms with Crippen molar-refractivity contribution < 1.29 is 5.11 Å². The lowest BCUT2D eigenvalue weighted by Gasteiger charge is -2.11. The molecule has 0 bridgehead atoms. The molecule has 0 aliphatic heterocycles.